The number of Topliss-reactive ketones (excluding diaryl/α,β-unsaturated/α-hetero) is 1. The van der Waals surface area contributed by atoms with Crippen LogP contribution in [0, 0.1) is 5.92 Å². The normalized spacial score (nSPS) is 22.3. The lowest BCUT2D eigenvalue weighted by molar-refractivity contribution is -0.255. The third kappa shape index (κ3) is 3.98. The fourth-order valence-electron chi connectivity index (χ4n) is 3.29. The summed E-state index contributed by atoms with van der Waals surface area (Å²) in [6, 6.07) is 7.78. The van der Waals surface area contributed by atoms with Crippen molar-refractivity contribution in [3.63, 3.8) is 0 Å². The number of benzene rings is 1. The molecule has 1 aromatic rings. The first kappa shape index (κ1) is 22.8. The van der Waals surface area contributed by atoms with Crippen LogP contribution < -0.4 is 4.74 Å². The number of ether oxygens (including phenoxy) is 2. The van der Waals surface area contributed by atoms with Crippen molar-refractivity contribution in [2.75, 3.05) is 13.2 Å². The maximum Gasteiger partial charge on any atom is 0.379 e. The number of aliphatic hydroxyl groups excluding tert-OH is 3. The van der Waals surface area contributed by atoms with Crippen LogP contribution in [0.1, 0.15) is 20.3 Å². The van der Waals surface area contributed by atoms with Crippen LogP contribution in [0.25, 0.3) is 0 Å². The molecule has 160 valence electrons. The van der Waals surface area contributed by atoms with E-state index in [1.54, 1.807) is 32.0 Å². The molecular formula is C19H24O10. The van der Waals surface area contributed by atoms with Crippen molar-refractivity contribution in [2.45, 2.75) is 37.6 Å². The van der Waals surface area contributed by atoms with Crippen molar-refractivity contribution in [2.24, 2.45) is 5.92 Å². The van der Waals surface area contributed by atoms with E-state index in [-0.39, 0.29) is 18.1 Å². The maximum absolute atomic E-state index is 13.0. The van der Waals surface area contributed by atoms with E-state index < -0.39 is 53.8 Å². The summed E-state index contributed by atoms with van der Waals surface area (Å²) < 4.78 is 10.5. The van der Waals surface area contributed by atoms with Gasteiger partial charge < -0.3 is 34.8 Å². The molecule has 29 heavy (non-hydrogen) atoms. The van der Waals surface area contributed by atoms with Gasteiger partial charge in [-0.25, -0.2) is 10.1 Å². The molecule has 1 aromatic carbocycles. The number of carbonyl (C=O) groups is 2. The Morgan fingerprint density at radius 2 is 1.86 bits per heavy atom. The smallest absolute Gasteiger partial charge is 0.379 e. The van der Waals surface area contributed by atoms with Crippen LogP contribution in [0.2, 0.25) is 0 Å². The van der Waals surface area contributed by atoms with Gasteiger partial charge in [0.1, 0.15) is 17.5 Å². The zero-order valence-corrected chi connectivity index (χ0v) is 15.9. The highest BCUT2D eigenvalue weighted by atomic mass is 17.1. The SMILES string of the molecule is CC(C)C[C@](O)(CO)[C@@]1(C(=O)C(O)CO)OC(=O)C(Oc2ccccc2)=C1OO. The summed E-state index contributed by atoms with van der Waals surface area (Å²) in [5.41, 5.74) is -5.37. The van der Waals surface area contributed by atoms with E-state index in [1.165, 1.54) is 12.1 Å². The van der Waals surface area contributed by atoms with Crippen LogP contribution in [0.15, 0.2) is 41.9 Å². The molecule has 0 saturated heterocycles. The second kappa shape index (κ2) is 8.89. The van der Waals surface area contributed by atoms with E-state index in [4.69, 9.17) is 9.47 Å². The van der Waals surface area contributed by atoms with Crippen molar-refractivity contribution in [3.05, 3.63) is 41.9 Å². The van der Waals surface area contributed by atoms with Gasteiger partial charge in [0.15, 0.2) is 0 Å². The van der Waals surface area contributed by atoms with Gasteiger partial charge in [-0.2, -0.15) is 0 Å². The number of para-hydroxylation sites is 1. The Hall–Kier alpha value is -2.50. The summed E-state index contributed by atoms with van der Waals surface area (Å²) in [5, 5.41) is 49.7. The third-order valence-electron chi connectivity index (χ3n) is 4.50. The van der Waals surface area contributed by atoms with Gasteiger partial charge in [-0.05, 0) is 24.5 Å². The number of hydrogen-bond acceptors (Lipinski definition) is 10. The maximum atomic E-state index is 13.0. The van der Waals surface area contributed by atoms with Crippen LogP contribution in [-0.2, 0) is 19.2 Å². The fraction of sp³-hybridized carbons (Fsp3) is 0.474. The lowest BCUT2D eigenvalue weighted by Crippen LogP contribution is -2.66. The quantitative estimate of drug-likeness (QED) is 0.197. The van der Waals surface area contributed by atoms with Crippen LogP contribution in [-0.4, -0.2) is 68.0 Å². The summed E-state index contributed by atoms with van der Waals surface area (Å²) in [4.78, 5) is 29.8. The summed E-state index contributed by atoms with van der Waals surface area (Å²) in [7, 11) is 0. The first-order chi connectivity index (χ1) is 13.7. The predicted molar refractivity (Wildman–Crippen MR) is 96.2 cm³/mol. The summed E-state index contributed by atoms with van der Waals surface area (Å²) in [6.07, 6.45) is -2.42. The molecule has 10 heteroatoms. The minimum Gasteiger partial charge on any atom is -0.446 e. The van der Waals surface area contributed by atoms with Gasteiger partial charge >= 0.3 is 5.97 Å². The van der Waals surface area contributed by atoms with E-state index in [2.05, 4.69) is 4.89 Å². The number of cyclic esters (lactones) is 1. The van der Waals surface area contributed by atoms with Crippen LogP contribution in [0.4, 0.5) is 0 Å². The molecule has 0 saturated carbocycles. The highest BCUT2D eigenvalue weighted by Gasteiger charge is 2.69. The van der Waals surface area contributed by atoms with E-state index in [9.17, 15) is 35.3 Å². The second-order valence-corrected chi connectivity index (χ2v) is 7.09. The molecule has 0 bridgehead atoms. The standard InChI is InChI=1S/C19H24O10/c1-11(2)8-18(25,10-21)19(15(23)13(22)9-20)16(29-26)14(17(24)28-19)27-12-6-4-3-5-7-12/h3-7,11,13,20-22,25-26H,8-10H2,1-2H3/t13?,18-,19-/m0/s1. The Balaban J connectivity index is 2.71. The molecule has 0 aromatic heterocycles. The Labute approximate surface area is 166 Å². The van der Waals surface area contributed by atoms with Crippen molar-refractivity contribution in [3.8, 4) is 5.75 Å². The van der Waals surface area contributed by atoms with Crippen LogP contribution in [0.5, 0.6) is 5.75 Å². The summed E-state index contributed by atoms with van der Waals surface area (Å²) in [5.74, 6) is -4.60. The molecule has 0 radical (unpaired) electrons. The first-order valence-electron chi connectivity index (χ1n) is 8.85. The monoisotopic (exact) mass is 412 g/mol. The zero-order chi connectivity index (χ0) is 21.8. The Morgan fingerprint density at radius 3 is 2.34 bits per heavy atom. The van der Waals surface area contributed by atoms with Gasteiger partial charge in [-0.15, -0.1) is 0 Å². The number of aliphatic hydroxyl groups is 4. The summed E-state index contributed by atoms with van der Waals surface area (Å²) in [6.45, 7) is 1.13. The molecule has 5 N–H and O–H groups in total. The van der Waals surface area contributed by atoms with E-state index >= 15 is 0 Å². The number of rotatable bonds is 10. The van der Waals surface area contributed by atoms with Crippen molar-refractivity contribution in [1.29, 1.82) is 0 Å². The molecule has 3 atom stereocenters. The van der Waals surface area contributed by atoms with Crippen LogP contribution >= 0.6 is 0 Å². The average Bonchev–Trinajstić information content (AvgIpc) is 2.99. The fourth-order valence-corrected chi connectivity index (χ4v) is 3.29. The Morgan fingerprint density at radius 1 is 1.24 bits per heavy atom. The molecule has 1 aliphatic rings. The number of hydrogen-bond donors (Lipinski definition) is 5. The predicted octanol–water partition coefficient (Wildman–Crippen LogP) is -0.246. The molecule has 0 aliphatic carbocycles. The second-order valence-electron chi connectivity index (χ2n) is 7.09. The van der Waals surface area contributed by atoms with Crippen molar-refractivity contribution < 1.29 is 49.6 Å². The highest BCUT2D eigenvalue weighted by molar-refractivity contribution is 6.04. The molecule has 2 rings (SSSR count). The average molecular weight is 412 g/mol. The van der Waals surface area contributed by atoms with Gasteiger partial charge in [-0.3, -0.25) is 4.79 Å². The number of ketones is 1. The Kier molecular flexibility index (Phi) is 6.98. The molecule has 10 nitrogen and oxygen atoms in total. The lowest BCUT2D eigenvalue weighted by atomic mass is 9.72. The van der Waals surface area contributed by atoms with E-state index in [0.29, 0.717) is 0 Å². The summed E-state index contributed by atoms with van der Waals surface area (Å²) >= 11 is 0. The largest absolute Gasteiger partial charge is 0.446 e. The number of carbonyl (C=O) groups excluding carboxylic acids is 2. The van der Waals surface area contributed by atoms with Gasteiger partial charge in [0.2, 0.25) is 11.5 Å². The van der Waals surface area contributed by atoms with Gasteiger partial charge in [0.05, 0.1) is 13.2 Å². The van der Waals surface area contributed by atoms with Gasteiger partial charge in [-0.1, -0.05) is 32.0 Å². The van der Waals surface area contributed by atoms with Crippen molar-refractivity contribution in [1.82, 2.24) is 0 Å². The molecule has 1 heterocycles. The minimum atomic E-state index is -2.86. The first-order valence-corrected chi connectivity index (χ1v) is 8.85. The molecule has 0 fully saturated rings. The topological polar surface area (TPSA) is 163 Å². The number of esters is 1. The lowest BCUT2D eigenvalue weighted by Gasteiger charge is -2.42. The third-order valence-corrected chi connectivity index (χ3v) is 4.50. The van der Waals surface area contributed by atoms with E-state index in [1.807, 2.05) is 0 Å². The van der Waals surface area contributed by atoms with Gasteiger partial charge in [0, 0.05) is 0 Å². The molecule has 0 amide bonds. The molecule has 1 aliphatic heterocycles. The molecular weight excluding hydrogens is 388 g/mol. The zero-order valence-electron chi connectivity index (χ0n) is 15.9. The highest BCUT2D eigenvalue weighted by Crippen LogP contribution is 2.46. The van der Waals surface area contributed by atoms with Crippen LogP contribution in [0.3, 0.4) is 0 Å². The Bertz CT molecular complexity index is 774. The van der Waals surface area contributed by atoms with E-state index in [0.717, 1.165) is 0 Å². The van der Waals surface area contributed by atoms with Gasteiger partial charge in [0.25, 0.3) is 11.4 Å². The molecule has 1 unspecified atom stereocenters. The molecule has 0 spiro atoms. The minimum absolute atomic E-state index is 0.122. The van der Waals surface area contributed by atoms with Crippen molar-refractivity contribution >= 4 is 11.8 Å².